The fourth-order valence-electron chi connectivity index (χ4n) is 1.24. The Morgan fingerprint density at radius 3 is 2.85 bits per heavy atom. The fraction of sp³-hybridized carbons (Fsp3) is 0.500. The van der Waals surface area contributed by atoms with E-state index in [2.05, 4.69) is 31.2 Å². The molecule has 1 aliphatic heterocycles. The number of nitrogens with one attached hydrogen (secondary N) is 1. The van der Waals surface area contributed by atoms with Gasteiger partial charge >= 0.3 is 6.01 Å². The number of ether oxygens (including phenoxy) is 1. The summed E-state index contributed by atoms with van der Waals surface area (Å²) in [4.78, 5) is 8.07. The Morgan fingerprint density at radius 2 is 2.23 bits per heavy atom. The van der Waals surface area contributed by atoms with Gasteiger partial charge in [-0.15, -0.1) is 0 Å². The lowest BCUT2D eigenvalue weighted by Gasteiger charge is -2.09. The Kier molecular flexibility index (Phi) is 2.75. The van der Waals surface area contributed by atoms with Crippen molar-refractivity contribution in [3.05, 3.63) is 16.9 Å². The molecule has 0 spiro atoms. The molecule has 0 unspecified atom stereocenters. The third-order valence-electron chi connectivity index (χ3n) is 1.88. The van der Waals surface area contributed by atoms with Crippen molar-refractivity contribution in [2.75, 3.05) is 13.1 Å². The minimum absolute atomic E-state index is 0.223. The Balaban J connectivity index is 1.97. The van der Waals surface area contributed by atoms with Crippen LogP contribution in [0.15, 0.2) is 16.9 Å². The summed E-state index contributed by atoms with van der Waals surface area (Å²) in [6.45, 7) is 1.90. The maximum atomic E-state index is 5.52. The summed E-state index contributed by atoms with van der Waals surface area (Å²) >= 11 is 3.27. The fourth-order valence-corrected chi connectivity index (χ4v) is 1.44. The minimum Gasteiger partial charge on any atom is -0.459 e. The first-order valence-electron chi connectivity index (χ1n) is 4.19. The maximum Gasteiger partial charge on any atom is 0.316 e. The van der Waals surface area contributed by atoms with E-state index in [4.69, 9.17) is 4.74 Å². The summed E-state index contributed by atoms with van der Waals surface area (Å²) in [5, 5.41) is 3.21. The van der Waals surface area contributed by atoms with Gasteiger partial charge in [0.25, 0.3) is 0 Å². The molecule has 1 saturated heterocycles. The Labute approximate surface area is 84.9 Å². The number of nitrogens with zero attached hydrogens (tertiary/aromatic N) is 2. The molecule has 0 aromatic carbocycles. The van der Waals surface area contributed by atoms with Gasteiger partial charge in [-0.3, -0.25) is 0 Å². The van der Waals surface area contributed by atoms with Gasteiger partial charge in [0.05, 0.1) is 4.47 Å². The first-order chi connectivity index (χ1) is 6.34. The smallest absolute Gasteiger partial charge is 0.316 e. The molecule has 0 aliphatic carbocycles. The third kappa shape index (κ3) is 2.38. The van der Waals surface area contributed by atoms with Crippen LogP contribution < -0.4 is 10.1 Å². The van der Waals surface area contributed by atoms with Gasteiger partial charge in [0, 0.05) is 18.9 Å². The van der Waals surface area contributed by atoms with E-state index in [1.165, 1.54) is 0 Å². The zero-order valence-electron chi connectivity index (χ0n) is 7.03. The molecule has 0 saturated carbocycles. The van der Waals surface area contributed by atoms with E-state index < -0.39 is 0 Å². The molecule has 1 fully saturated rings. The molecular weight excluding hydrogens is 234 g/mol. The van der Waals surface area contributed by atoms with Gasteiger partial charge in [-0.05, 0) is 28.9 Å². The summed E-state index contributed by atoms with van der Waals surface area (Å²) < 4.78 is 6.39. The Hall–Kier alpha value is -0.680. The first-order valence-corrected chi connectivity index (χ1v) is 4.99. The van der Waals surface area contributed by atoms with Crippen molar-refractivity contribution in [3.8, 4) is 6.01 Å². The summed E-state index contributed by atoms with van der Waals surface area (Å²) in [5.41, 5.74) is 0. The van der Waals surface area contributed by atoms with E-state index in [0.717, 1.165) is 24.0 Å². The van der Waals surface area contributed by atoms with E-state index in [1.807, 2.05) is 0 Å². The maximum absolute atomic E-state index is 5.52. The highest BCUT2D eigenvalue weighted by Crippen LogP contribution is 2.11. The predicted molar refractivity (Wildman–Crippen MR) is 51.6 cm³/mol. The second-order valence-electron chi connectivity index (χ2n) is 2.92. The van der Waals surface area contributed by atoms with Gasteiger partial charge in [0.1, 0.15) is 6.10 Å². The molecule has 2 rings (SSSR count). The normalized spacial score (nSPS) is 21.8. The van der Waals surface area contributed by atoms with Crippen LogP contribution in [0.4, 0.5) is 0 Å². The molecule has 1 aromatic rings. The quantitative estimate of drug-likeness (QED) is 0.842. The molecule has 1 N–H and O–H groups in total. The number of aromatic nitrogens is 2. The average molecular weight is 244 g/mol. The van der Waals surface area contributed by atoms with Gasteiger partial charge in [0.15, 0.2) is 0 Å². The van der Waals surface area contributed by atoms with Gasteiger partial charge in [-0.25, -0.2) is 9.97 Å². The Bertz CT molecular complexity index is 271. The van der Waals surface area contributed by atoms with Crippen molar-refractivity contribution in [1.82, 2.24) is 15.3 Å². The molecule has 1 aromatic heterocycles. The second-order valence-corrected chi connectivity index (χ2v) is 3.83. The van der Waals surface area contributed by atoms with E-state index in [9.17, 15) is 0 Å². The van der Waals surface area contributed by atoms with Crippen molar-refractivity contribution in [3.63, 3.8) is 0 Å². The van der Waals surface area contributed by atoms with Gasteiger partial charge in [-0.1, -0.05) is 0 Å². The molecule has 0 bridgehead atoms. The van der Waals surface area contributed by atoms with Crippen molar-refractivity contribution in [1.29, 1.82) is 0 Å². The second kappa shape index (κ2) is 4.02. The Morgan fingerprint density at radius 1 is 1.46 bits per heavy atom. The minimum atomic E-state index is 0.223. The first kappa shape index (κ1) is 8.90. The summed E-state index contributed by atoms with van der Waals surface area (Å²) in [6, 6.07) is 0.455. The van der Waals surface area contributed by atoms with Gasteiger partial charge in [0.2, 0.25) is 0 Å². The van der Waals surface area contributed by atoms with E-state index >= 15 is 0 Å². The summed E-state index contributed by atoms with van der Waals surface area (Å²) in [5.74, 6) is 0. The summed E-state index contributed by atoms with van der Waals surface area (Å²) in [7, 11) is 0. The van der Waals surface area contributed by atoms with Crippen molar-refractivity contribution in [2.45, 2.75) is 12.5 Å². The van der Waals surface area contributed by atoms with Crippen LogP contribution in [0, 0.1) is 0 Å². The third-order valence-corrected chi connectivity index (χ3v) is 2.29. The lowest BCUT2D eigenvalue weighted by Crippen LogP contribution is -2.20. The van der Waals surface area contributed by atoms with Crippen molar-refractivity contribution < 1.29 is 4.74 Å². The standard InChI is InChI=1S/C8H10BrN3O/c9-6-3-11-8(12-4-6)13-7-1-2-10-5-7/h3-4,7,10H,1-2,5H2/t7-/m0/s1. The highest BCUT2D eigenvalue weighted by atomic mass is 79.9. The average Bonchev–Trinajstić information content (AvgIpc) is 2.62. The van der Waals surface area contributed by atoms with Gasteiger partial charge in [-0.2, -0.15) is 0 Å². The molecule has 4 nitrogen and oxygen atoms in total. The number of hydrogen-bond donors (Lipinski definition) is 1. The lowest BCUT2D eigenvalue weighted by molar-refractivity contribution is 0.204. The molecule has 13 heavy (non-hydrogen) atoms. The van der Waals surface area contributed by atoms with E-state index in [0.29, 0.717) is 6.01 Å². The number of halogens is 1. The SMILES string of the molecule is Brc1cnc(O[C@H]2CCNC2)nc1. The molecule has 0 radical (unpaired) electrons. The van der Waals surface area contributed by atoms with Crippen LogP contribution in [0.1, 0.15) is 6.42 Å². The molecule has 1 atom stereocenters. The highest BCUT2D eigenvalue weighted by molar-refractivity contribution is 9.10. The van der Waals surface area contributed by atoms with Gasteiger partial charge < -0.3 is 10.1 Å². The van der Waals surface area contributed by atoms with Crippen molar-refractivity contribution >= 4 is 15.9 Å². The van der Waals surface area contributed by atoms with Crippen LogP contribution in [0.25, 0.3) is 0 Å². The zero-order valence-corrected chi connectivity index (χ0v) is 8.62. The van der Waals surface area contributed by atoms with Crippen LogP contribution in [0.2, 0.25) is 0 Å². The molecular formula is C8H10BrN3O. The summed E-state index contributed by atoms with van der Waals surface area (Å²) in [6.07, 6.45) is 4.62. The van der Waals surface area contributed by atoms with Crippen LogP contribution >= 0.6 is 15.9 Å². The predicted octanol–water partition coefficient (Wildman–Crippen LogP) is 0.980. The molecule has 2 heterocycles. The molecule has 1 aliphatic rings. The number of hydrogen-bond acceptors (Lipinski definition) is 4. The van der Waals surface area contributed by atoms with E-state index in [-0.39, 0.29) is 6.10 Å². The molecule has 0 amide bonds. The van der Waals surface area contributed by atoms with Crippen LogP contribution in [-0.4, -0.2) is 29.2 Å². The molecule has 5 heteroatoms. The molecule has 70 valence electrons. The lowest BCUT2D eigenvalue weighted by atomic mass is 10.3. The topological polar surface area (TPSA) is 47.0 Å². The monoisotopic (exact) mass is 243 g/mol. The largest absolute Gasteiger partial charge is 0.459 e. The van der Waals surface area contributed by atoms with Crippen LogP contribution in [0.5, 0.6) is 6.01 Å². The zero-order chi connectivity index (χ0) is 9.10. The van der Waals surface area contributed by atoms with E-state index in [1.54, 1.807) is 12.4 Å². The van der Waals surface area contributed by atoms with Crippen LogP contribution in [-0.2, 0) is 0 Å². The number of rotatable bonds is 2. The highest BCUT2D eigenvalue weighted by Gasteiger charge is 2.16. The van der Waals surface area contributed by atoms with Crippen molar-refractivity contribution in [2.24, 2.45) is 0 Å². The van der Waals surface area contributed by atoms with Crippen LogP contribution in [0.3, 0.4) is 0 Å².